The molecule has 53 heavy (non-hydrogen) atoms. The third-order valence-corrected chi connectivity index (χ3v) is 10.2. The number of nitrogen functional groups attached to an aromatic ring is 2. The average Bonchev–Trinajstić information content (AvgIpc) is 3.15. The van der Waals surface area contributed by atoms with E-state index in [-0.39, 0.29) is 11.9 Å². The van der Waals surface area contributed by atoms with Crippen LogP contribution in [-0.4, -0.2) is 34.8 Å². The molecule has 0 aliphatic rings. The number of hydrogen-bond acceptors (Lipinski definition) is 8. The quantitative estimate of drug-likeness (QED) is 0.0657. The summed E-state index contributed by atoms with van der Waals surface area (Å²) in [5.74, 6) is 2.61. The largest absolute Gasteiger partial charge is 0.490 e. The summed E-state index contributed by atoms with van der Waals surface area (Å²) in [5, 5.41) is 0. The number of nitrogens with two attached hydrogens (primary N) is 2. The first-order chi connectivity index (χ1) is 26.1. The number of rotatable bonds is 37. The topological polar surface area (TPSA) is 118 Å². The van der Waals surface area contributed by atoms with Gasteiger partial charge in [-0.2, -0.15) is 15.0 Å². The Hall–Kier alpha value is -2.77. The highest BCUT2D eigenvalue weighted by Gasteiger charge is 2.19. The summed E-state index contributed by atoms with van der Waals surface area (Å²) in [6.45, 7) is 8.70. The van der Waals surface area contributed by atoms with E-state index < -0.39 is 0 Å². The number of hydrogen-bond donors (Lipinski definition) is 2. The highest BCUT2D eigenvalue weighted by atomic mass is 16.5. The zero-order valence-electron chi connectivity index (χ0n) is 34.7. The van der Waals surface area contributed by atoms with Crippen molar-refractivity contribution in [2.24, 2.45) is 0 Å². The molecule has 8 heteroatoms. The van der Waals surface area contributed by atoms with Gasteiger partial charge in [0, 0.05) is 5.56 Å². The van der Waals surface area contributed by atoms with Crippen LogP contribution < -0.4 is 25.7 Å². The summed E-state index contributed by atoms with van der Waals surface area (Å²) in [4.78, 5) is 12.8. The molecule has 0 saturated carbocycles. The minimum Gasteiger partial charge on any atom is -0.490 e. The molecule has 0 spiro atoms. The van der Waals surface area contributed by atoms with Crippen molar-refractivity contribution < 1.29 is 14.2 Å². The maximum absolute atomic E-state index is 6.53. The summed E-state index contributed by atoms with van der Waals surface area (Å²) in [7, 11) is 0. The fourth-order valence-corrected chi connectivity index (χ4v) is 6.91. The van der Waals surface area contributed by atoms with Crippen molar-refractivity contribution in [3.8, 4) is 28.6 Å². The van der Waals surface area contributed by atoms with Crippen molar-refractivity contribution in [1.82, 2.24) is 15.0 Å². The Labute approximate surface area is 325 Å². The van der Waals surface area contributed by atoms with E-state index in [0.717, 1.165) is 37.7 Å². The van der Waals surface area contributed by atoms with Gasteiger partial charge in [-0.25, -0.2) is 0 Å². The Morgan fingerprint density at radius 1 is 0.377 bits per heavy atom. The molecule has 8 nitrogen and oxygen atoms in total. The van der Waals surface area contributed by atoms with E-state index in [2.05, 4.69) is 35.7 Å². The Kier molecular flexibility index (Phi) is 28.6. The smallest absolute Gasteiger partial charge is 0.225 e. The lowest BCUT2D eigenvalue weighted by atomic mass is 10.1. The lowest BCUT2D eigenvalue weighted by Gasteiger charge is -2.19. The predicted molar refractivity (Wildman–Crippen MR) is 226 cm³/mol. The molecular formula is C45H81N5O3. The van der Waals surface area contributed by atoms with Crippen molar-refractivity contribution in [2.45, 2.75) is 213 Å². The average molecular weight is 740 g/mol. The van der Waals surface area contributed by atoms with Gasteiger partial charge < -0.3 is 25.7 Å². The maximum Gasteiger partial charge on any atom is 0.225 e. The van der Waals surface area contributed by atoms with E-state index >= 15 is 0 Å². The fourth-order valence-electron chi connectivity index (χ4n) is 6.91. The summed E-state index contributed by atoms with van der Waals surface area (Å²) in [6, 6.07) is 3.90. The van der Waals surface area contributed by atoms with Crippen molar-refractivity contribution in [3.05, 3.63) is 12.1 Å². The molecule has 0 aliphatic heterocycles. The van der Waals surface area contributed by atoms with Gasteiger partial charge in [-0.15, -0.1) is 0 Å². The molecule has 0 unspecified atom stereocenters. The highest BCUT2D eigenvalue weighted by molar-refractivity contribution is 5.67. The van der Waals surface area contributed by atoms with Crippen LogP contribution in [-0.2, 0) is 0 Å². The van der Waals surface area contributed by atoms with E-state index in [9.17, 15) is 0 Å². The minimum absolute atomic E-state index is 0.0921. The van der Waals surface area contributed by atoms with Gasteiger partial charge in [0.15, 0.2) is 17.3 Å². The van der Waals surface area contributed by atoms with Crippen molar-refractivity contribution >= 4 is 11.9 Å². The van der Waals surface area contributed by atoms with Crippen LogP contribution >= 0.6 is 0 Å². The SMILES string of the molecule is CCCCCCCCCCCCOc1cc(-c2nc(N)nc(N)n2)cc(OCCCCCCCCCCCC)c1OCCCCCCCCCCCC. The van der Waals surface area contributed by atoms with Gasteiger partial charge in [0.1, 0.15) is 0 Å². The van der Waals surface area contributed by atoms with Gasteiger partial charge in [-0.3, -0.25) is 0 Å². The second-order valence-corrected chi connectivity index (χ2v) is 15.3. The molecule has 0 amide bonds. The lowest BCUT2D eigenvalue weighted by Crippen LogP contribution is -2.08. The number of nitrogens with zero attached hydrogens (tertiary/aromatic N) is 3. The molecule has 0 fully saturated rings. The van der Waals surface area contributed by atoms with Crippen LogP contribution in [0.1, 0.15) is 213 Å². The summed E-state index contributed by atoms with van der Waals surface area (Å²) < 4.78 is 19.5. The van der Waals surface area contributed by atoms with E-state index in [1.165, 1.54) is 161 Å². The van der Waals surface area contributed by atoms with E-state index in [0.29, 0.717) is 42.9 Å². The number of aromatic nitrogens is 3. The Balaban J connectivity index is 2.03. The molecule has 2 aromatic rings. The first kappa shape index (κ1) is 46.4. The van der Waals surface area contributed by atoms with Crippen LogP contribution in [0, 0.1) is 0 Å². The Bertz CT molecular complexity index is 1080. The van der Waals surface area contributed by atoms with Crippen molar-refractivity contribution in [2.75, 3.05) is 31.3 Å². The van der Waals surface area contributed by atoms with Gasteiger partial charge in [-0.05, 0) is 31.4 Å². The fraction of sp³-hybridized carbons (Fsp3) is 0.800. The molecule has 304 valence electrons. The molecule has 1 aromatic heterocycles. The van der Waals surface area contributed by atoms with Crippen molar-refractivity contribution in [3.63, 3.8) is 0 Å². The number of benzene rings is 1. The summed E-state index contributed by atoms with van der Waals surface area (Å²) >= 11 is 0. The molecule has 1 aromatic carbocycles. The van der Waals surface area contributed by atoms with Gasteiger partial charge in [-0.1, -0.05) is 194 Å². The summed E-state index contributed by atoms with van der Waals surface area (Å²) in [6.07, 6.45) is 38.5. The van der Waals surface area contributed by atoms with Gasteiger partial charge in [0.25, 0.3) is 0 Å². The van der Waals surface area contributed by atoms with Crippen molar-refractivity contribution in [1.29, 1.82) is 0 Å². The lowest BCUT2D eigenvalue weighted by molar-refractivity contribution is 0.234. The van der Waals surface area contributed by atoms with E-state index in [4.69, 9.17) is 25.7 Å². The van der Waals surface area contributed by atoms with E-state index in [1.807, 2.05) is 12.1 Å². The van der Waals surface area contributed by atoms with Gasteiger partial charge >= 0.3 is 0 Å². The number of unbranched alkanes of at least 4 members (excludes halogenated alkanes) is 27. The first-order valence-electron chi connectivity index (χ1n) is 22.4. The molecule has 0 bridgehead atoms. The predicted octanol–water partition coefficient (Wildman–Crippen LogP) is 13.6. The Morgan fingerprint density at radius 2 is 0.660 bits per heavy atom. The Morgan fingerprint density at radius 3 is 0.981 bits per heavy atom. The molecule has 0 aliphatic carbocycles. The normalized spacial score (nSPS) is 11.3. The molecule has 4 N–H and O–H groups in total. The highest BCUT2D eigenvalue weighted by Crippen LogP contribution is 2.42. The van der Waals surface area contributed by atoms with Crippen LogP contribution in [0.3, 0.4) is 0 Å². The van der Waals surface area contributed by atoms with Crippen LogP contribution in [0.4, 0.5) is 11.9 Å². The zero-order chi connectivity index (χ0) is 38.0. The number of ether oxygens (including phenoxy) is 3. The van der Waals surface area contributed by atoms with Gasteiger partial charge in [0.2, 0.25) is 17.6 Å². The maximum atomic E-state index is 6.53. The second-order valence-electron chi connectivity index (χ2n) is 15.3. The molecule has 0 radical (unpaired) electrons. The first-order valence-corrected chi connectivity index (χ1v) is 22.4. The third-order valence-electron chi connectivity index (χ3n) is 10.2. The van der Waals surface area contributed by atoms with Gasteiger partial charge in [0.05, 0.1) is 19.8 Å². The van der Waals surface area contributed by atoms with Crippen LogP contribution in [0.15, 0.2) is 12.1 Å². The third kappa shape index (κ3) is 23.6. The standard InChI is InChI=1S/C45H81N5O3/c1-4-7-10-13-16-19-22-25-28-31-34-51-40-37-39(43-48-44(46)50-45(47)49-43)38-41(52-35-32-29-26-23-20-17-14-11-8-5-2)42(40)53-36-33-30-27-24-21-18-15-12-9-6-3/h37-38H,4-36H2,1-3H3,(H4,46,47,48,49,50). The molecule has 0 saturated heterocycles. The van der Waals surface area contributed by atoms with Crippen LogP contribution in [0.2, 0.25) is 0 Å². The molecule has 0 atom stereocenters. The summed E-state index contributed by atoms with van der Waals surface area (Å²) in [5.41, 5.74) is 12.7. The second kappa shape index (κ2) is 32.6. The molecule has 2 rings (SSSR count). The van der Waals surface area contributed by atoms with E-state index in [1.54, 1.807) is 0 Å². The minimum atomic E-state index is 0.0921. The van der Waals surface area contributed by atoms with Crippen LogP contribution in [0.25, 0.3) is 11.4 Å². The van der Waals surface area contributed by atoms with Crippen LogP contribution in [0.5, 0.6) is 17.2 Å². The number of anilines is 2. The molecular weight excluding hydrogens is 659 g/mol. The molecule has 1 heterocycles. The monoisotopic (exact) mass is 740 g/mol. The zero-order valence-corrected chi connectivity index (χ0v) is 34.7.